The molecular formula is C10H8F5NOS. The SMILES string of the molecule is NC(=S)C(COc1ccc(F)c(F)c1)C(F)(F)F. The highest BCUT2D eigenvalue weighted by Gasteiger charge is 2.42. The zero-order chi connectivity index (χ0) is 13.9. The first-order chi connectivity index (χ1) is 8.21. The van der Waals surface area contributed by atoms with Crippen LogP contribution in [0.3, 0.4) is 0 Å². The van der Waals surface area contributed by atoms with Crippen molar-refractivity contribution in [2.24, 2.45) is 11.7 Å². The van der Waals surface area contributed by atoms with Gasteiger partial charge in [0.2, 0.25) is 0 Å². The topological polar surface area (TPSA) is 35.2 Å². The lowest BCUT2D eigenvalue weighted by molar-refractivity contribution is -0.161. The molecule has 0 amide bonds. The number of alkyl halides is 3. The Balaban J connectivity index is 2.73. The van der Waals surface area contributed by atoms with Crippen LogP contribution in [0.25, 0.3) is 0 Å². The van der Waals surface area contributed by atoms with Gasteiger partial charge in [-0.1, -0.05) is 12.2 Å². The Hall–Kier alpha value is -1.44. The lowest BCUT2D eigenvalue weighted by atomic mass is 10.1. The summed E-state index contributed by atoms with van der Waals surface area (Å²) in [6.07, 6.45) is -4.65. The number of hydrogen-bond acceptors (Lipinski definition) is 2. The van der Waals surface area contributed by atoms with Gasteiger partial charge in [-0.25, -0.2) is 8.78 Å². The Kier molecular flexibility index (Phi) is 4.44. The second kappa shape index (κ2) is 5.47. The summed E-state index contributed by atoms with van der Waals surface area (Å²) in [7, 11) is 0. The summed E-state index contributed by atoms with van der Waals surface area (Å²) in [5, 5.41) is 0. The fraction of sp³-hybridized carbons (Fsp3) is 0.300. The molecule has 0 bridgehead atoms. The van der Waals surface area contributed by atoms with Gasteiger partial charge in [0.25, 0.3) is 0 Å². The van der Waals surface area contributed by atoms with Gasteiger partial charge >= 0.3 is 6.18 Å². The van der Waals surface area contributed by atoms with Crippen molar-refractivity contribution < 1.29 is 26.7 Å². The van der Waals surface area contributed by atoms with E-state index in [0.717, 1.165) is 12.1 Å². The number of nitrogens with two attached hydrogens (primary N) is 1. The average Bonchev–Trinajstić information content (AvgIpc) is 2.21. The standard InChI is InChI=1S/C10H8F5NOS/c11-7-2-1-5(3-8(7)12)17-4-6(9(16)18)10(13,14)15/h1-3,6H,4H2,(H2,16,18). The Morgan fingerprint density at radius 3 is 2.33 bits per heavy atom. The highest BCUT2D eigenvalue weighted by atomic mass is 32.1. The van der Waals surface area contributed by atoms with Crippen molar-refractivity contribution in [3.8, 4) is 5.75 Å². The van der Waals surface area contributed by atoms with E-state index in [1.807, 2.05) is 0 Å². The predicted octanol–water partition coefficient (Wildman–Crippen LogP) is 2.81. The fourth-order valence-electron chi connectivity index (χ4n) is 1.08. The van der Waals surface area contributed by atoms with Crippen molar-refractivity contribution in [2.75, 3.05) is 6.61 Å². The molecule has 0 heterocycles. The Morgan fingerprint density at radius 2 is 1.89 bits per heavy atom. The van der Waals surface area contributed by atoms with E-state index >= 15 is 0 Å². The molecule has 0 aliphatic carbocycles. The maximum Gasteiger partial charge on any atom is 0.401 e. The molecule has 0 fully saturated rings. The Bertz CT molecular complexity index is 448. The molecule has 18 heavy (non-hydrogen) atoms. The molecule has 2 N–H and O–H groups in total. The summed E-state index contributed by atoms with van der Waals surface area (Å²) in [4.78, 5) is -0.773. The van der Waals surface area contributed by atoms with E-state index in [1.54, 1.807) is 0 Å². The van der Waals surface area contributed by atoms with Crippen molar-refractivity contribution in [1.29, 1.82) is 0 Å². The number of benzene rings is 1. The highest BCUT2D eigenvalue weighted by molar-refractivity contribution is 7.80. The Morgan fingerprint density at radius 1 is 1.28 bits per heavy atom. The third-order valence-corrected chi connectivity index (χ3v) is 2.33. The number of thiocarbonyl (C=S) groups is 1. The molecule has 0 aromatic heterocycles. The van der Waals surface area contributed by atoms with E-state index in [-0.39, 0.29) is 5.75 Å². The van der Waals surface area contributed by atoms with Crippen LogP contribution in [0.4, 0.5) is 22.0 Å². The van der Waals surface area contributed by atoms with Crippen molar-refractivity contribution in [3.63, 3.8) is 0 Å². The van der Waals surface area contributed by atoms with Crippen LogP contribution >= 0.6 is 12.2 Å². The van der Waals surface area contributed by atoms with Crippen LogP contribution in [0, 0.1) is 17.6 Å². The molecule has 1 aromatic rings. The van der Waals surface area contributed by atoms with Gasteiger partial charge in [-0.05, 0) is 12.1 Å². The van der Waals surface area contributed by atoms with Crippen LogP contribution in [0.5, 0.6) is 5.75 Å². The monoisotopic (exact) mass is 285 g/mol. The summed E-state index contributed by atoms with van der Waals surface area (Å²) in [6.45, 7) is -0.885. The molecule has 0 radical (unpaired) electrons. The zero-order valence-electron chi connectivity index (χ0n) is 8.80. The molecule has 100 valence electrons. The van der Waals surface area contributed by atoms with Crippen LogP contribution in [0.2, 0.25) is 0 Å². The first-order valence-electron chi connectivity index (χ1n) is 4.65. The number of hydrogen-bond donors (Lipinski definition) is 1. The average molecular weight is 285 g/mol. The molecule has 1 rings (SSSR count). The van der Waals surface area contributed by atoms with Crippen molar-refractivity contribution in [1.82, 2.24) is 0 Å². The maximum absolute atomic E-state index is 12.8. The van der Waals surface area contributed by atoms with Gasteiger partial charge < -0.3 is 10.5 Å². The zero-order valence-corrected chi connectivity index (χ0v) is 9.62. The van der Waals surface area contributed by atoms with Crippen molar-refractivity contribution in [3.05, 3.63) is 29.8 Å². The fourth-order valence-corrected chi connectivity index (χ4v) is 1.29. The highest BCUT2D eigenvalue weighted by Crippen LogP contribution is 2.27. The minimum absolute atomic E-state index is 0.237. The van der Waals surface area contributed by atoms with Gasteiger partial charge in [-0.3, -0.25) is 0 Å². The minimum atomic E-state index is -4.65. The van der Waals surface area contributed by atoms with Gasteiger partial charge in [-0.15, -0.1) is 0 Å². The largest absolute Gasteiger partial charge is 0.492 e. The quantitative estimate of drug-likeness (QED) is 0.682. The first kappa shape index (κ1) is 14.6. The maximum atomic E-state index is 12.8. The number of rotatable bonds is 4. The lowest BCUT2D eigenvalue weighted by Gasteiger charge is -2.19. The molecule has 0 saturated carbocycles. The van der Waals surface area contributed by atoms with Crippen LogP contribution < -0.4 is 10.5 Å². The smallest absolute Gasteiger partial charge is 0.401 e. The molecular weight excluding hydrogens is 277 g/mol. The van der Waals surface area contributed by atoms with Gasteiger partial charge in [0.05, 0.1) is 4.99 Å². The normalized spacial score (nSPS) is 13.2. The lowest BCUT2D eigenvalue weighted by Crippen LogP contribution is -2.38. The molecule has 0 spiro atoms. The van der Waals surface area contributed by atoms with Gasteiger partial charge in [0, 0.05) is 6.07 Å². The molecule has 0 saturated heterocycles. The summed E-state index contributed by atoms with van der Waals surface area (Å²) < 4.78 is 67.3. The molecule has 1 unspecified atom stereocenters. The van der Waals surface area contributed by atoms with E-state index in [2.05, 4.69) is 12.2 Å². The Labute approximate surface area is 105 Å². The summed E-state index contributed by atoms with van der Waals surface area (Å²) in [5.74, 6) is -4.71. The van der Waals surface area contributed by atoms with Crippen LogP contribution in [0.1, 0.15) is 0 Å². The van der Waals surface area contributed by atoms with E-state index in [0.29, 0.717) is 6.07 Å². The van der Waals surface area contributed by atoms with E-state index < -0.39 is 35.3 Å². The van der Waals surface area contributed by atoms with Gasteiger partial charge in [0.1, 0.15) is 18.3 Å². The molecule has 8 heteroatoms. The predicted molar refractivity (Wildman–Crippen MR) is 58.2 cm³/mol. The van der Waals surface area contributed by atoms with Crippen molar-refractivity contribution >= 4 is 17.2 Å². The first-order valence-corrected chi connectivity index (χ1v) is 5.06. The summed E-state index contributed by atoms with van der Waals surface area (Å²) in [6, 6.07) is 2.39. The molecule has 1 atom stereocenters. The van der Waals surface area contributed by atoms with Gasteiger partial charge in [0.15, 0.2) is 11.6 Å². The molecule has 0 aliphatic heterocycles. The van der Waals surface area contributed by atoms with Crippen molar-refractivity contribution in [2.45, 2.75) is 6.18 Å². The molecule has 2 nitrogen and oxygen atoms in total. The minimum Gasteiger partial charge on any atom is -0.492 e. The second-order valence-electron chi connectivity index (χ2n) is 3.38. The van der Waals surface area contributed by atoms with E-state index in [1.165, 1.54) is 0 Å². The second-order valence-corrected chi connectivity index (χ2v) is 3.85. The van der Waals surface area contributed by atoms with Crippen LogP contribution in [0.15, 0.2) is 18.2 Å². The number of ether oxygens (including phenoxy) is 1. The number of halogens is 5. The molecule has 1 aromatic carbocycles. The van der Waals surface area contributed by atoms with E-state index in [4.69, 9.17) is 10.5 Å². The summed E-state index contributed by atoms with van der Waals surface area (Å²) >= 11 is 4.27. The molecule has 0 aliphatic rings. The van der Waals surface area contributed by atoms with Crippen LogP contribution in [-0.4, -0.2) is 17.8 Å². The summed E-state index contributed by atoms with van der Waals surface area (Å²) in [5.41, 5.74) is 4.94. The van der Waals surface area contributed by atoms with E-state index in [9.17, 15) is 22.0 Å². The van der Waals surface area contributed by atoms with Crippen LogP contribution in [-0.2, 0) is 0 Å². The third-order valence-electron chi connectivity index (χ3n) is 2.05. The van der Waals surface area contributed by atoms with Gasteiger partial charge in [-0.2, -0.15) is 13.2 Å². The third kappa shape index (κ3) is 3.80.